The zero-order valence-electron chi connectivity index (χ0n) is 8.46. The molecule has 2 heteroatoms. The third-order valence-corrected chi connectivity index (χ3v) is 2.90. The second-order valence-corrected chi connectivity index (χ2v) is 4.23. The van der Waals surface area contributed by atoms with Crippen LogP contribution >= 0.6 is 0 Å². The van der Waals surface area contributed by atoms with Crippen molar-refractivity contribution in [2.24, 2.45) is 11.8 Å². The molecule has 2 unspecified atom stereocenters. The smallest absolute Gasteiger partial charge is 0.123 e. The average molecular weight is 193 g/mol. The van der Waals surface area contributed by atoms with E-state index in [1.54, 1.807) is 12.1 Å². The van der Waals surface area contributed by atoms with E-state index in [9.17, 15) is 4.39 Å². The highest BCUT2D eigenvalue weighted by molar-refractivity contribution is 5.15. The van der Waals surface area contributed by atoms with Gasteiger partial charge < -0.3 is 5.32 Å². The van der Waals surface area contributed by atoms with Gasteiger partial charge in [-0.1, -0.05) is 19.1 Å². The van der Waals surface area contributed by atoms with Crippen LogP contribution in [-0.4, -0.2) is 6.54 Å². The lowest BCUT2D eigenvalue weighted by atomic mass is 10.2. The van der Waals surface area contributed by atoms with Gasteiger partial charge >= 0.3 is 0 Å². The summed E-state index contributed by atoms with van der Waals surface area (Å²) < 4.78 is 12.8. The second kappa shape index (κ2) is 4.09. The van der Waals surface area contributed by atoms with Crippen molar-refractivity contribution in [1.29, 1.82) is 0 Å². The van der Waals surface area contributed by atoms with E-state index in [0.29, 0.717) is 0 Å². The molecule has 1 N–H and O–H groups in total. The largest absolute Gasteiger partial charge is 0.312 e. The number of hydrogen-bond acceptors (Lipinski definition) is 1. The van der Waals surface area contributed by atoms with Crippen LogP contribution in [0.5, 0.6) is 0 Å². The minimum atomic E-state index is -0.149. The number of benzene rings is 1. The Morgan fingerprint density at radius 2 is 2.29 bits per heavy atom. The average Bonchev–Trinajstić information content (AvgIpc) is 2.82. The number of hydrogen-bond donors (Lipinski definition) is 1. The highest BCUT2D eigenvalue weighted by Crippen LogP contribution is 2.36. The molecule has 1 saturated carbocycles. The SMILES string of the molecule is CC1CC1CNCc1cccc(F)c1. The maximum absolute atomic E-state index is 12.8. The fourth-order valence-electron chi connectivity index (χ4n) is 1.73. The highest BCUT2D eigenvalue weighted by Gasteiger charge is 2.31. The van der Waals surface area contributed by atoms with Gasteiger partial charge in [-0.3, -0.25) is 0 Å². The Labute approximate surface area is 84.3 Å². The van der Waals surface area contributed by atoms with E-state index in [0.717, 1.165) is 30.5 Å². The van der Waals surface area contributed by atoms with E-state index in [4.69, 9.17) is 0 Å². The first-order valence-electron chi connectivity index (χ1n) is 5.21. The molecule has 2 rings (SSSR count). The fourth-order valence-corrected chi connectivity index (χ4v) is 1.73. The van der Waals surface area contributed by atoms with Crippen molar-refractivity contribution in [3.63, 3.8) is 0 Å². The Bertz CT molecular complexity index is 311. The first-order chi connectivity index (χ1) is 6.75. The van der Waals surface area contributed by atoms with E-state index >= 15 is 0 Å². The van der Waals surface area contributed by atoms with E-state index in [1.165, 1.54) is 12.5 Å². The van der Waals surface area contributed by atoms with Gasteiger partial charge in [0, 0.05) is 6.54 Å². The number of rotatable bonds is 4. The zero-order valence-corrected chi connectivity index (χ0v) is 8.46. The maximum atomic E-state index is 12.8. The van der Waals surface area contributed by atoms with Gasteiger partial charge in [-0.2, -0.15) is 0 Å². The Hall–Kier alpha value is -0.890. The molecule has 1 nitrogen and oxygen atoms in total. The van der Waals surface area contributed by atoms with E-state index in [-0.39, 0.29) is 5.82 Å². The summed E-state index contributed by atoms with van der Waals surface area (Å²) in [5, 5.41) is 3.35. The van der Waals surface area contributed by atoms with Gasteiger partial charge in [0.05, 0.1) is 0 Å². The van der Waals surface area contributed by atoms with Crippen LogP contribution in [-0.2, 0) is 6.54 Å². The lowest BCUT2D eigenvalue weighted by molar-refractivity contribution is 0.601. The monoisotopic (exact) mass is 193 g/mol. The molecule has 0 amide bonds. The lowest BCUT2D eigenvalue weighted by Crippen LogP contribution is -2.16. The van der Waals surface area contributed by atoms with Gasteiger partial charge in [0.2, 0.25) is 0 Å². The van der Waals surface area contributed by atoms with Gasteiger partial charge in [-0.25, -0.2) is 4.39 Å². The van der Waals surface area contributed by atoms with E-state index in [1.807, 2.05) is 6.07 Å². The van der Waals surface area contributed by atoms with Crippen LogP contribution in [0.3, 0.4) is 0 Å². The third-order valence-electron chi connectivity index (χ3n) is 2.90. The van der Waals surface area contributed by atoms with Crippen molar-refractivity contribution in [3.05, 3.63) is 35.6 Å². The summed E-state index contributed by atoms with van der Waals surface area (Å²) >= 11 is 0. The van der Waals surface area contributed by atoms with Gasteiger partial charge in [0.15, 0.2) is 0 Å². The van der Waals surface area contributed by atoms with Crippen molar-refractivity contribution >= 4 is 0 Å². The van der Waals surface area contributed by atoms with E-state index < -0.39 is 0 Å². The van der Waals surface area contributed by atoms with Gasteiger partial charge in [0.1, 0.15) is 5.82 Å². The van der Waals surface area contributed by atoms with E-state index in [2.05, 4.69) is 12.2 Å². The molecular weight excluding hydrogens is 177 g/mol. The highest BCUT2D eigenvalue weighted by atomic mass is 19.1. The summed E-state index contributed by atoms with van der Waals surface area (Å²) in [4.78, 5) is 0. The molecular formula is C12H16FN. The fraction of sp³-hybridized carbons (Fsp3) is 0.500. The lowest BCUT2D eigenvalue weighted by Gasteiger charge is -2.03. The number of halogens is 1. The molecule has 1 aliphatic carbocycles. The molecule has 14 heavy (non-hydrogen) atoms. The summed E-state index contributed by atoms with van der Waals surface area (Å²) in [5.74, 6) is 1.59. The topological polar surface area (TPSA) is 12.0 Å². The Morgan fingerprint density at radius 1 is 1.50 bits per heavy atom. The third kappa shape index (κ3) is 2.55. The van der Waals surface area contributed by atoms with Crippen LogP contribution < -0.4 is 5.32 Å². The zero-order chi connectivity index (χ0) is 9.97. The van der Waals surface area contributed by atoms with Crippen LogP contribution in [0, 0.1) is 17.7 Å². The van der Waals surface area contributed by atoms with Crippen LogP contribution in [0.15, 0.2) is 24.3 Å². The molecule has 1 aromatic carbocycles. The molecule has 2 atom stereocenters. The van der Waals surface area contributed by atoms with Gasteiger partial charge in [-0.15, -0.1) is 0 Å². The summed E-state index contributed by atoms with van der Waals surface area (Å²) in [5.41, 5.74) is 1.03. The van der Waals surface area contributed by atoms with Crippen LogP contribution in [0.25, 0.3) is 0 Å². The van der Waals surface area contributed by atoms with Gasteiger partial charge in [-0.05, 0) is 42.5 Å². The van der Waals surface area contributed by atoms with Crippen molar-refractivity contribution in [1.82, 2.24) is 5.32 Å². The summed E-state index contributed by atoms with van der Waals surface area (Å²) in [6, 6.07) is 6.77. The summed E-state index contributed by atoms with van der Waals surface area (Å²) in [6.45, 7) is 4.12. The predicted molar refractivity (Wildman–Crippen MR) is 55.4 cm³/mol. The van der Waals surface area contributed by atoms with Crippen molar-refractivity contribution < 1.29 is 4.39 Å². The molecule has 0 aromatic heterocycles. The molecule has 0 aliphatic heterocycles. The minimum Gasteiger partial charge on any atom is -0.312 e. The van der Waals surface area contributed by atoms with Crippen LogP contribution in [0.2, 0.25) is 0 Å². The maximum Gasteiger partial charge on any atom is 0.123 e. The Kier molecular flexibility index (Phi) is 2.82. The minimum absolute atomic E-state index is 0.149. The molecule has 0 heterocycles. The number of nitrogens with one attached hydrogen (secondary N) is 1. The Balaban J connectivity index is 1.74. The van der Waals surface area contributed by atoms with Crippen molar-refractivity contribution in [3.8, 4) is 0 Å². The summed E-state index contributed by atoms with van der Waals surface area (Å²) in [6.07, 6.45) is 1.34. The molecule has 0 radical (unpaired) electrons. The molecule has 76 valence electrons. The standard InChI is InChI=1S/C12H16FN/c1-9-5-11(9)8-14-7-10-3-2-4-12(13)6-10/h2-4,6,9,11,14H,5,7-8H2,1H3. The summed E-state index contributed by atoms with van der Waals surface area (Å²) in [7, 11) is 0. The Morgan fingerprint density at radius 3 is 2.93 bits per heavy atom. The van der Waals surface area contributed by atoms with Crippen LogP contribution in [0.4, 0.5) is 4.39 Å². The first-order valence-corrected chi connectivity index (χ1v) is 5.21. The molecule has 1 aromatic rings. The predicted octanol–water partition coefficient (Wildman–Crippen LogP) is 2.57. The van der Waals surface area contributed by atoms with Crippen LogP contribution in [0.1, 0.15) is 18.9 Å². The quantitative estimate of drug-likeness (QED) is 0.775. The van der Waals surface area contributed by atoms with Gasteiger partial charge in [0.25, 0.3) is 0 Å². The van der Waals surface area contributed by atoms with Crippen molar-refractivity contribution in [2.75, 3.05) is 6.54 Å². The second-order valence-electron chi connectivity index (χ2n) is 4.23. The normalized spacial score (nSPS) is 25.0. The molecule has 1 fully saturated rings. The molecule has 1 aliphatic rings. The van der Waals surface area contributed by atoms with Crippen molar-refractivity contribution in [2.45, 2.75) is 19.9 Å². The molecule has 0 saturated heterocycles. The first kappa shape index (κ1) is 9.66. The molecule has 0 spiro atoms. The molecule has 0 bridgehead atoms.